The molecule has 0 atom stereocenters. The Labute approximate surface area is 153 Å². The van der Waals surface area contributed by atoms with Crippen molar-refractivity contribution in [2.75, 3.05) is 13.1 Å². The second-order valence-electron chi connectivity index (χ2n) is 6.50. The van der Waals surface area contributed by atoms with Gasteiger partial charge in [-0.3, -0.25) is 9.59 Å². The van der Waals surface area contributed by atoms with Gasteiger partial charge in [-0.25, -0.2) is 4.39 Å². The SMILES string of the molecule is Cc1ccc(CCC(=O)NCCNC(=O)c2ccc(C)c(F)c2)c(C)c1. The van der Waals surface area contributed by atoms with Crippen LogP contribution in [0, 0.1) is 26.6 Å². The van der Waals surface area contributed by atoms with E-state index in [2.05, 4.69) is 22.8 Å². The molecule has 2 amide bonds. The first-order chi connectivity index (χ1) is 12.4. The lowest BCUT2D eigenvalue weighted by molar-refractivity contribution is -0.121. The number of hydrogen-bond donors (Lipinski definition) is 2. The maximum Gasteiger partial charge on any atom is 0.251 e. The molecule has 0 saturated carbocycles. The average Bonchev–Trinajstić information content (AvgIpc) is 2.60. The Kier molecular flexibility index (Phi) is 6.89. The number of nitrogens with one attached hydrogen (secondary N) is 2. The van der Waals surface area contributed by atoms with E-state index in [1.165, 1.54) is 22.8 Å². The van der Waals surface area contributed by atoms with E-state index in [1.807, 2.05) is 19.9 Å². The van der Waals surface area contributed by atoms with Gasteiger partial charge in [0.25, 0.3) is 5.91 Å². The predicted octanol–water partition coefficient (Wildman–Crippen LogP) is 3.23. The minimum atomic E-state index is -0.405. The fourth-order valence-electron chi connectivity index (χ4n) is 2.68. The smallest absolute Gasteiger partial charge is 0.251 e. The Balaban J connectivity index is 1.69. The van der Waals surface area contributed by atoms with Crippen molar-refractivity contribution in [2.24, 2.45) is 0 Å². The lowest BCUT2D eigenvalue weighted by atomic mass is 10.0. The van der Waals surface area contributed by atoms with Crippen LogP contribution in [0.1, 0.15) is 39.0 Å². The molecule has 0 aliphatic rings. The molecule has 2 aromatic carbocycles. The molecule has 138 valence electrons. The van der Waals surface area contributed by atoms with Gasteiger partial charge in [0.05, 0.1) is 0 Å². The lowest BCUT2D eigenvalue weighted by Crippen LogP contribution is -2.34. The van der Waals surface area contributed by atoms with Crippen molar-refractivity contribution in [1.29, 1.82) is 0 Å². The molecule has 0 radical (unpaired) electrons. The fourth-order valence-corrected chi connectivity index (χ4v) is 2.68. The molecular formula is C21H25FN2O2. The van der Waals surface area contributed by atoms with Gasteiger partial charge in [0, 0.05) is 25.1 Å². The van der Waals surface area contributed by atoms with Gasteiger partial charge < -0.3 is 10.6 Å². The van der Waals surface area contributed by atoms with Gasteiger partial charge in [0.15, 0.2) is 0 Å². The van der Waals surface area contributed by atoms with E-state index in [-0.39, 0.29) is 17.4 Å². The normalized spacial score (nSPS) is 10.5. The maximum atomic E-state index is 13.5. The van der Waals surface area contributed by atoms with Crippen LogP contribution >= 0.6 is 0 Å². The van der Waals surface area contributed by atoms with E-state index in [1.54, 1.807) is 19.1 Å². The van der Waals surface area contributed by atoms with Gasteiger partial charge in [-0.2, -0.15) is 0 Å². The van der Waals surface area contributed by atoms with Crippen LogP contribution in [0.4, 0.5) is 4.39 Å². The molecule has 0 aliphatic heterocycles. The van der Waals surface area contributed by atoms with Crippen molar-refractivity contribution in [2.45, 2.75) is 33.6 Å². The summed E-state index contributed by atoms with van der Waals surface area (Å²) in [5, 5.41) is 5.45. The number of carbonyl (C=O) groups is 2. The number of amides is 2. The summed E-state index contributed by atoms with van der Waals surface area (Å²) < 4.78 is 13.5. The monoisotopic (exact) mass is 356 g/mol. The van der Waals surface area contributed by atoms with E-state index in [4.69, 9.17) is 0 Å². The van der Waals surface area contributed by atoms with Crippen molar-refractivity contribution < 1.29 is 14.0 Å². The summed E-state index contributed by atoms with van der Waals surface area (Å²) in [6.45, 7) is 6.37. The minimum absolute atomic E-state index is 0.0550. The van der Waals surface area contributed by atoms with Gasteiger partial charge >= 0.3 is 0 Å². The third-order valence-electron chi connectivity index (χ3n) is 4.29. The van der Waals surface area contributed by atoms with Gasteiger partial charge in [-0.15, -0.1) is 0 Å². The van der Waals surface area contributed by atoms with Crippen LogP contribution in [0.3, 0.4) is 0 Å². The first-order valence-electron chi connectivity index (χ1n) is 8.74. The molecule has 0 heterocycles. The van der Waals surface area contributed by atoms with Crippen molar-refractivity contribution >= 4 is 11.8 Å². The third-order valence-corrected chi connectivity index (χ3v) is 4.29. The molecule has 2 rings (SSSR count). The van der Waals surface area contributed by atoms with Gasteiger partial charge in [-0.05, 0) is 56.0 Å². The predicted molar refractivity (Wildman–Crippen MR) is 101 cm³/mol. The molecule has 0 aliphatic carbocycles. The van der Waals surface area contributed by atoms with Crippen molar-refractivity contribution in [1.82, 2.24) is 10.6 Å². The number of benzene rings is 2. The highest BCUT2D eigenvalue weighted by Crippen LogP contribution is 2.12. The molecule has 0 bridgehead atoms. The third kappa shape index (κ3) is 5.69. The van der Waals surface area contributed by atoms with Gasteiger partial charge in [0.2, 0.25) is 5.91 Å². The van der Waals surface area contributed by atoms with Crippen LogP contribution in [0.25, 0.3) is 0 Å². The number of hydrogen-bond acceptors (Lipinski definition) is 2. The molecule has 2 N–H and O–H groups in total. The largest absolute Gasteiger partial charge is 0.354 e. The second-order valence-corrected chi connectivity index (χ2v) is 6.50. The van der Waals surface area contributed by atoms with Crippen LogP contribution in [-0.2, 0) is 11.2 Å². The van der Waals surface area contributed by atoms with Crippen LogP contribution in [-0.4, -0.2) is 24.9 Å². The Hall–Kier alpha value is -2.69. The quantitative estimate of drug-likeness (QED) is 0.749. The molecule has 2 aromatic rings. The molecule has 0 saturated heterocycles. The fraction of sp³-hybridized carbons (Fsp3) is 0.333. The summed E-state index contributed by atoms with van der Waals surface area (Å²) >= 11 is 0. The standard InChI is InChI=1S/C21H25FN2O2/c1-14-4-6-17(16(3)12-14)8-9-20(25)23-10-11-24-21(26)18-7-5-15(2)19(22)13-18/h4-7,12-13H,8-11H2,1-3H3,(H,23,25)(H,24,26). The van der Waals surface area contributed by atoms with Gasteiger partial charge in [0.1, 0.15) is 5.82 Å². The van der Waals surface area contributed by atoms with Gasteiger partial charge in [-0.1, -0.05) is 29.8 Å². The molecular weight excluding hydrogens is 331 g/mol. The molecule has 4 nitrogen and oxygen atoms in total. The van der Waals surface area contributed by atoms with E-state index in [0.29, 0.717) is 31.5 Å². The highest BCUT2D eigenvalue weighted by Gasteiger charge is 2.08. The highest BCUT2D eigenvalue weighted by atomic mass is 19.1. The Bertz CT molecular complexity index is 803. The zero-order valence-electron chi connectivity index (χ0n) is 15.5. The minimum Gasteiger partial charge on any atom is -0.354 e. The van der Waals surface area contributed by atoms with Crippen molar-refractivity contribution in [3.05, 3.63) is 70.0 Å². The van der Waals surface area contributed by atoms with E-state index < -0.39 is 5.82 Å². The van der Waals surface area contributed by atoms with Crippen LogP contribution in [0.15, 0.2) is 36.4 Å². The zero-order chi connectivity index (χ0) is 19.1. The average molecular weight is 356 g/mol. The number of halogens is 1. The summed E-state index contributed by atoms with van der Waals surface area (Å²) in [5.74, 6) is -0.814. The summed E-state index contributed by atoms with van der Waals surface area (Å²) in [4.78, 5) is 23.9. The molecule has 26 heavy (non-hydrogen) atoms. The van der Waals surface area contributed by atoms with E-state index in [0.717, 1.165) is 0 Å². The Morgan fingerprint density at radius 1 is 0.923 bits per heavy atom. The topological polar surface area (TPSA) is 58.2 Å². The second kappa shape index (κ2) is 9.13. The molecule has 0 spiro atoms. The molecule has 0 unspecified atom stereocenters. The van der Waals surface area contributed by atoms with E-state index >= 15 is 0 Å². The summed E-state index contributed by atoms with van der Waals surface area (Å²) in [5.41, 5.74) is 4.34. The van der Waals surface area contributed by atoms with Crippen LogP contribution in [0.5, 0.6) is 0 Å². The van der Waals surface area contributed by atoms with E-state index in [9.17, 15) is 14.0 Å². The van der Waals surface area contributed by atoms with Crippen LogP contribution < -0.4 is 10.6 Å². The zero-order valence-corrected chi connectivity index (χ0v) is 15.5. The summed E-state index contributed by atoms with van der Waals surface area (Å²) in [6, 6.07) is 10.6. The first-order valence-corrected chi connectivity index (χ1v) is 8.74. The Morgan fingerprint density at radius 2 is 1.65 bits per heavy atom. The molecule has 0 aromatic heterocycles. The highest BCUT2D eigenvalue weighted by molar-refractivity contribution is 5.94. The first kappa shape index (κ1) is 19.6. The summed E-state index contributed by atoms with van der Waals surface area (Å²) in [7, 11) is 0. The maximum absolute atomic E-state index is 13.5. The number of aryl methyl sites for hydroxylation is 4. The Morgan fingerprint density at radius 3 is 2.35 bits per heavy atom. The number of rotatable bonds is 7. The van der Waals surface area contributed by atoms with Crippen LogP contribution in [0.2, 0.25) is 0 Å². The molecule has 5 heteroatoms. The lowest BCUT2D eigenvalue weighted by Gasteiger charge is -2.09. The van der Waals surface area contributed by atoms with Crippen molar-refractivity contribution in [3.63, 3.8) is 0 Å². The molecule has 0 fully saturated rings. The summed E-state index contributed by atoms with van der Waals surface area (Å²) in [6.07, 6.45) is 1.09. The number of carbonyl (C=O) groups excluding carboxylic acids is 2. The van der Waals surface area contributed by atoms with Crippen molar-refractivity contribution in [3.8, 4) is 0 Å².